The Morgan fingerprint density at radius 3 is 2.62 bits per heavy atom. The van der Waals surface area contributed by atoms with Crippen molar-refractivity contribution >= 4 is 16.8 Å². The van der Waals surface area contributed by atoms with Crippen LogP contribution >= 0.6 is 0 Å². The summed E-state index contributed by atoms with van der Waals surface area (Å²) in [5.74, 6) is 0.428. The molecule has 1 aromatic heterocycles. The van der Waals surface area contributed by atoms with E-state index in [0.717, 1.165) is 18.4 Å². The van der Waals surface area contributed by atoms with E-state index in [-0.39, 0.29) is 30.5 Å². The van der Waals surface area contributed by atoms with Crippen LogP contribution in [0.2, 0.25) is 0 Å². The summed E-state index contributed by atoms with van der Waals surface area (Å²) in [6, 6.07) is 17.2. The van der Waals surface area contributed by atoms with Crippen LogP contribution in [0.4, 0.5) is 0 Å². The van der Waals surface area contributed by atoms with E-state index in [1.807, 2.05) is 36.4 Å². The summed E-state index contributed by atoms with van der Waals surface area (Å²) in [6.45, 7) is 0.217. The fourth-order valence-electron chi connectivity index (χ4n) is 3.19. The van der Waals surface area contributed by atoms with Gasteiger partial charge in [-0.15, -0.1) is 5.10 Å². The molecule has 1 fully saturated rings. The number of amides is 1. The largest absolute Gasteiger partial charge is 0.349 e. The van der Waals surface area contributed by atoms with Crippen molar-refractivity contribution in [1.82, 2.24) is 20.3 Å². The van der Waals surface area contributed by atoms with Gasteiger partial charge in [0.1, 0.15) is 5.52 Å². The molecule has 6 heteroatoms. The Bertz CT molecular complexity index is 980. The third kappa shape index (κ3) is 3.49. The van der Waals surface area contributed by atoms with Crippen LogP contribution in [0.5, 0.6) is 0 Å². The molecule has 1 heterocycles. The molecule has 0 bridgehead atoms. The first-order valence-corrected chi connectivity index (χ1v) is 8.89. The van der Waals surface area contributed by atoms with Crippen LogP contribution in [0.25, 0.3) is 10.9 Å². The smallest absolute Gasteiger partial charge is 0.277 e. The zero-order chi connectivity index (χ0) is 17.9. The van der Waals surface area contributed by atoms with E-state index in [1.165, 1.54) is 4.68 Å². The number of nitrogens with zero attached hydrogens (tertiary/aromatic N) is 3. The molecule has 0 saturated heterocycles. The van der Waals surface area contributed by atoms with Crippen LogP contribution in [0.15, 0.2) is 59.4 Å². The highest BCUT2D eigenvalue weighted by Gasteiger charge is 2.33. The molecule has 1 unspecified atom stereocenters. The molecule has 2 aromatic carbocycles. The Labute approximate surface area is 150 Å². The number of hydrogen-bond acceptors (Lipinski definition) is 4. The molecule has 1 amide bonds. The van der Waals surface area contributed by atoms with Gasteiger partial charge in [-0.25, -0.2) is 4.68 Å². The molecule has 1 aliphatic carbocycles. The maximum Gasteiger partial charge on any atom is 0.277 e. The number of aryl methyl sites for hydroxylation is 1. The second-order valence-corrected chi connectivity index (χ2v) is 6.68. The third-order valence-corrected chi connectivity index (χ3v) is 4.75. The molecule has 6 nitrogen and oxygen atoms in total. The average Bonchev–Trinajstić information content (AvgIpc) is 3.51. The number of fused-ring (bicyclic) bond motifs is 1. The number of carbonyl (C=O) groups is 1. The summed E-state index contributed by atoms with van der Waals surface area (Å²) in [7, 11) is 0. The fourth-order valence-corrected chi connectivity index (χ4v) is 3.19. The second kappa shape index (κ2) is 7.07. The monoisotopic (exact) mass is 348 g/mol. The summed E-state index contributed by atoms with van der Waals surface area (Å²) >= 11 is 0. The lowest BCUT2D eigenvalue weighted by atomic mass is 10.0. The van der Waals surface area contributed by atoms with Crippen LogP contribution in [-0.4, -0.2) is 20.9 Å². The normalized spacial score (nSPS) is 14.9. The van der Waals surface area contributed by atoms with Gasteiger partial charge in [-0.2, -0.15) is 0 Å². The van der Waals surface area contributed by atoms with Crippen LogP contribution in [-0.2, 0) is 11.3 Å². The molecule has 1 N–H and O–H groups in total. The Balaban J connectivity index is 1.44. The van der Waals surface area contributed by atoms with Gasteiger partial charge in [0, 0.05) is 6.42 Å². The van der Waals surface area contributed by atoms with E-state index in [2.05, 4.69) is 15.6 Å². The van der Waals surface area contributed by atoms with Crippen molar-refractivity contribution in [3.05, 3.63) is 70.5 Å². The Morgan fingerprint density at radius 2 is 1.85 bits per heavy atom. The minimum absolute atomic E-state index is 0.0445. The lowest BCUT2D eigenvalue weighted by Gasteiger charge is -2.19. The number of carbonyl (C=O) groups excluding carboxylic acids is 1. The van der Waals surface area contributed by atoms with Crippen molar-refractivity contribution in [3.8, 4) is 0 Å². The predicted octanol–water partition coefficient (Wildman–Crippen LogP) is 2.45. The first-order valence-electron chi connectivity index (χ1n) is 8.89. The Hall–Kier alpha value is -3.02. The maximum absolute atomic E-state index is 12.4. The van der Waals surface area contributed by atoms with E-state index < -0.39 is 0 Å². The number of benzene rings is 2. The van der Waals surface area contributed by atoms with Crippen molar-refractivity contribution in [2.45, 2.75) is 31.8 Å². The summed E-state index contributed by atoms with van der Waals surface area (Å²) in [5, 5.41) is 11.6. The summed E-state index contributed by atoms with van der Waals surface area (Å²) in [4.78, 5) is 24.9. The van der Waals surface area contributed by atoms with Crippen LogP contribution in [0.1, 0.15) is 30.9 Å². The van der Waals surface area contributed by atoms with E-state index in [0.29, 0.717) is 16.8 Å². The van der Waals surface area contributed by atoms with Crippen molar-refractivity contribution < 1.29 is 4.79 Å². The highest BCUT2D eigenvalue weighted by atomic mass is 16.2. The SMILES string of the molecule is O=C(CCn1nnc2ccccc2c1=O)NC(c1ccccc1)C1CC1. The second-order valence-electron chi connectivity index (χ2n) is 6.68. The zero-order valence-electron chi connectivity index (χ0n) is 14.3. The van der Waals surface area contributed by atoms with E-state index >= 15 is 0 Å². The van der Waals surface area contributed by atoms with Crippen molar-refractivity contribution in [2.24, 2.45) is 5.92 Å². The molecule has 3 aromatic rings. The summed E-state index contributed by atoms with van der Waals surface area (Å²) in [5.41, 5.74) is 1.48. The number of nitrogens with one attached hydrogen (secondary N) is 1. The number of hydrogen-bond donors (Lipinski definition) is 1. The molecule has 1 saturated carbocycles. The molecular weight excluding hydrogens is 328 g/mol. The van der Waals surface area contributed by atoms with Gasteiger partial charge in [0.25, 0.3) is 5.56 Å². The predicted molar refractivity (Wildman–Crippen MR) is 98.5 cm³/mol. The quantitative estimate of drug-likeness (QED) is 0.742. The maximum atomic E-state index is 12.4. The molecule has 0 radical (unpaired) electrons. The van der Waals surface area contributed by atoms with E-state index in [1.54, 1.807) is 18.2 Å². The van der Waals surface area contributed by atoms with Gasteiger partial charge in [-0.05, 0) is 36.5 Å². The van der Waals surface area contributed by atoms with Gasteiger partial charge < -0.3 is 5.32 Å². The summed E-state index contributed by atoms with van der Waals surface area (Å²) in [6.07, 6.45) is 2.47. The highest BCUT2D eigenvalue weighted by molar-refractivity contribution is 5.77. The fraction of sp³-hybridized carbons (Fsp3) is 0.300. The van der Waals surface area contributed by atoms with Crippen LogP contribution in [0.3, 0.4) is 0 Å². The van der Waals surface area contributed by atoms with Crippen LogP contribution < -0.4 is 10.9 Å². The molecule has 0 spiro atoms. The standard InChI is InChI=1S/C20H20N4O2/c25-18(21-19(15-10-11-15)14-6-2-1-3-7-14)12-13-24-20(26)16-8-4-5-9-17(16)22-23-24/h1-9,15,19H,10-13H2,(H,21,25). The van der Waals surface area contributed by atoms with Crippen molar-refractivity contribution in [1.29, 1.82) is 0 Å². The minimum Gasteiger partial charge on any atom is -0.349 e. The topological polar surface area (TPSA) is 76.9 Å². The first-order chi connectivity index (χ1) is 12.7. The zero-order valence-corrected chi connectivity index (χ0v) is 14.3. The molecule has 1 aliphatic rings. The molecular formula is C20H20N4O2. The number of aromatic nitrogens is 3. The average molecular weight is 348 g/mol. The van der Waals surface area contributed by atoms with Crippen molar-refractivity contribution in [2.75, 3.05) is 0 Å². The van der Waals surface area contributed by atoms with E-state index in [9.17, 15) is 9.59 Å². The lowest BCUT2D eigenvalue weighted by molar-refractivity contribution is -0.122. The molecule has 132 valence electrons. The van der Waals surface area contributed by atoms with Gasteiger partial charge in [-0.1, -0.05) is 47.7 Å². The Morgan fingerprint density at radius 1 is 1.12 bits per heavy atom. The van der Waals surface area contributed by atoms with Crippen LogP contribution in [0, 0.1) is 5.92 Å². The van der Waals surface area contributed by atoms with Crippen molar-refractivity contribution in [3.63, 3.8) is 0 Å². The van der Waals surface area contributed by atoms with E-state index in [4.69, 9.17) is 0 Å². The van der Waals surface area contributed by atoms with Gasteiger partial charge >= 0.3 is 0 Å². The lowest BCUT2D eigenvalue weighted by Crippen LogP contribution is -2.32. The van der Waals surface area contributed by atoms with Gasteiger partial charge in [0.05, 0.1) is 18.0 Å². The third-order valence-electron chi connectivity index (χ3n) is 4.75. The highest BCUT2D eigenvalue weighted by Crippen LogP contribution is 2.40. The molecule has 1 atom stereocenters. The minimum atomic E-state index is -0.217. The Kier molecular flexibility index (Phi) is 4.48. The van der Waals surface area contributed by atoms with Gasteiger partial charge in [0.15, 0.2) is 0 Å². The number of rotatable bonds is 6. The van der Waals surface area contributed by atoms with Gasteiger partial charge in [-0.3, -0.25) is 9.59 Å². The summed E-state index contributed by atoms with van der Waals surface area (Å²) < 4.78 is 1.26. The molecule has 4 rings (SSSR count). The van der Waals surface area contributed by atoms with Gasteiger partial charge in [0.2, 0.25) is 5.91 Å². The first kappa shape index (κ1) is 16.4. The molecule has 26 heavy (non-hydrogen) atoms. The molecule has 0 aliphatic heterocycles.